The van der Waals surface area contributed by atoms with Gasteiger partial charge in [0, 0.05) is 17.0 Å². The van der Waals surface area contributed by atoms with Crippen LogP contribution < -0.4 is 4.90 Å². The van der Waals surface area contributed by atoms with Crippen LogP contribution in [0, 0.1) is 20.8 Å². The molecular formula is C22H24N2O2S. The number of amides is 1. The van der Waals surface area contributed by atoms with E-state index in [1.165, 1.54) is 5.56 Å². The van der Waals surface area contributed by atoms with E-state index in [1.807, 2.05) is 80.3 Å². The predicted octanol–water partition coefficient (Wildman–Crippen LogP) is 5.07. The van der Waals surface area contributed by atoms with E-state index in [1.54, 1.807) is 11.8 Å². The summed E-state index contributed by atoms with van der Waals surface area (Å²) in [6, 6.07) is 18.2. The van der Waals surface area contributed by atoms with Crippen LogP contribution in [0.4, 0.5) is 5.69 Å². The van der Waals surface area contributed by atoms with Gasteiger partial charge in [-0.25, -0.2) is 0 Å². The van der Waals surface area contributed by atoms with E-state index in [0.717, 1.165) is 34.0 Å². The van der Waals surface area contributed by atoms with Crippen molar-refractivity contribution in [1.82, 2.24) is 5.16 Å². The highest BCUT2D eigenvalue weighted by atomic mass is 32.2. The summed E-state index contributed by atoms with van der Waals surface area (Å²) in [6.07, 6.45) is 0. The minimum Gasteiger partial charge on any atom is -0.361 e. The highest BCUT2D eigenvalue weighted by Crippen LogP contribution is 2.23. The van der Waals surface area contributed by atoms with Gasteiger partial charge in [-0.05, 0) is 38.5 Å². The van der Waals surface area contributed by atoms with Crippen molar-refractivity contribution >= 4 is 23.4 Å². The fraction of sp³-hybridized carbons (Fsp3) is 0.273. The van der Waals surface area contributed by atoms with Gasteiger partial charge in [-0.15, -0.1) is 11.8 Å². The van der Waals surface area contributed by atoms with Crippen molar-refractivity contribution < 1.29 is 9.32 Å². The lowest BCUT2D eigenvalue weighted by atomic mass is 10.1. The second kappa shape index (κ2) is 8.91. The molecule has 0 fully saturated rings. The minimum atomic E-state index is 0.0967. The number of benzene rings is 2. The predicted molar refractivity (Wildman–Crippen MR) is 111 cm³/mol. The first-order valence-electron chi connectivity index (χ1n) is 8.95. The van der Waals surface area contributed by atoms with Crippen molar-refractivity contribution in [2.45, 2.75) is 33.1 Å². The first kappa shape index (κ1) is 19.2. The molecule has 0 radical (unpaired) electrons. The Kier molecular flexibility index (Phi) is 6.35. The molecule has 0 aliphatic carbocycles. The molecule has 1 aromatic heterocycles. The fourth-order valence-electron chi connectivity index (χ4n) is 2.84. The first-order valence-corrected chi connectivity index (χ1v) is 10.1. The summed E-state index contributed by atoms with van der Waals surface area (Å²) in [5.41, 5.74) is 5.19. The van der Waals surface area contributed by atoms with E-state index >= 15 is 0 Å². The highest BCUT2D eigenvalue weighted by molar-refractivity contribution is 7.99. The van der Waals surface area contributed by atoms with Crippen LogP contribution in [-0.2, 0) is 17.1 Å². The van der Waals surface area contributed by atoms with Crippen molar-refractivity contribution in [3.05, 3.63) is 82.7 Å². The van der Waals surface area contributed by atoms with Crippen LogP contribution in [0.1, 0.15) is 28.1 Å². The summed E-state index contributed by atoms with van der Waals surface area (Å²) in [5, 5.41) is 3.98. The maximum atomic E-state index is 13.0. The van der Waals surface area contributed by atoms with Gasteiger partial charge in [0.1, 0.15) is 5.76 Å². The second-order valence-electron chi connectivity index (χ2n) is 6.60. The molecule has 0 spiro atoms. The number of nitrogens with zero attached hydrogens (tertiary/aromatic N) is 2. The van der Waals surface area contributed by atoms with Gasteiger partial charge >= 0.3 is 0 Å². The number of hydrogen-bond donors (Lipinski definition) is 0. The van der Waals surface area contributed by atoms with E-state index in [0.29, 0.717) is 12.3 Å². The zero-order chi connectivity index (χ0) is 19.2. The van der Waals surface area contributed by atoms with E-state index < -0.39 is 0 Å². The van der Waals surface area contributed by atoms with Gasteiger partial charge in [0.2, 0.25) is 5.91 Å². The number of thioether (sulfide) groups is 1. The van der Waals surface area contributed by atoms with Gasteiger partial charge in [0.25, 0.3) is 0 Å². The Morgan fingerprint density at radius 2 is 1.74 bits per heavy atom. The van der Waals surface area contributed by atoms with Crippen LogP contribution in [0.15, 0.2) is 59.1 Å². The van der Waals surface area contributed by atoms with Gasteiger partial charge in [0.15, 0.2) is 0 Å². The van der Waals surface area contributed by atoms with Crippen LogP contribution in [0.2, 0.25) is 0 Å². The maximum absolute atomic E-state index is 13.0. The van der Waals surface area contributed by atoms with Gasteiger partial charge in [-0.1, -0.05) is 53.2 Å². The molecular weight excluding hydrogens is 356 g/mol. The number of carbonyl (C=O) groups is 1. The van der Waals surface area contributed by atoms with Crippen molar-refractivity contribution in [3.8, 4) is 0 Å². The molecule has 0 N–H and O–H groups in total. The molecule has 0 saturated heterocycles. The molecule has 0 saturated carbocycles. The Balaban J connectivity index is 1.71. The van der Waals surface area contributed by atoms with E-state index in [2.05, 4.69) is 5.16 Å². The summed E-state index contributed by atoms with van der Waals surface area (Å²) in [6.45, 7) is 6.45. The number of aromatic nitrogens is 1. The molecule has 0 bridgehead atoms. The number of anilines is 1. The van der Waals surface area contributed by atoms with Crippen LogP contribution in [-0.4, -0.2) is 16.8 Å². The minimum absolute atomic E-state index is 0.0967. The topological polar surface area (TPSA) is 46.3 Å². The normalized spacial score (nSPS) is 10.8. The lowest BCUT2D eigenvalue weighted by molar-refractivity contribution is -0.116. The molecule has 2 aromatic carbocycles. The van der Waals surface area contributed by atoms with Gasteiger partial charge in [-0.2, -0.15) is 0 Å². The molecule has 0 aliphatic rings. The molecule has 140 valence electrons. The lowest BCUT2D eigenvalue weighted by Crippen LogP contribution is -2.32. The smallest absolute Gasteiger partial charge is 0.237 e. The Morgan fingerprint density at radius 3 is 2.37 bits per heavy atom. The van der Waals surface area contributed by atoms with Gasteiger partial charge in [-0.3, -0.25) is 4.79 Å². The number of rotatable bonds is 7. The third kappa shape index (κ3) is 5.01. The fourth-order valence-corrected chi connectivity index (χ4v) is 3.89. The summed E-state index contributed by atoms with van der Waals surface area (Å²) < 4.78 is 5.20. The molecule has 0 aliphatic heterocycles. The maximum Gasteiger partial charge on any atom is 0.237 e. The third-order valence-corrected chi connectivity index (χ3v) is 5.43. The van der Waals surface area contributed by atoms with E-state index in [4.69, 9.17) is 4.52 Å². The van der Waals surface area contributed by atoms with E-state index in [9.17, 15) is 4.79 Å². The zero-order valence-corrected chi connectivity index (χ0v) is 16.8. The Hall–Kier alpha value is -2.53. The third-order valence-electron chi connectivity index (χ3n) is 4.48. The molecule has 3 aromatic rings. The summed E-state index contributed by atoms with van der Waals surface area (Å²) in [7, 11) is 0. The van der Waals surface area contributed by atoms with E-state index in [-0.39, 0.29) is 5.91 Å². The number of carbonyl (C=O) groups excluding carboxylic acids is 1. The molecule has 0 unspecified atom stereocenters. The lowest BCUT2D eigenvalue weighted by Gasteiger charge is -2.23. The molecule has 1 heterocycles. The van der Waals surface area contributed by atoms with Crippen molar-refractivity contribution in [3.63, 3.8) is 0 Å². The molecule has 1 amide bonds. The number of aryl methyl sites for hydroxylation is 3. The van der Waals surface area contributed by atoms with Crippen molar-refractivity contribution in [1.29, 1.82) is 0 Å². The van der Waals surface area contributed by atoms with Crippen LogP contribution in [0.25, 0.3) is 0 Å². The second-order valence-corrected chi connectivity index (χ2v) is 7.58. The standard InChI is InChI=1S/C22H24N2O2S/c1-16-9-11-20(12-10-16)24(13-19-7-5-4-6-8-19)22(25)15-27-14-21-17(2)23-26-18(21)3/h4-12H,13-15H2,1-3H3. The average molecular weight is 381 g/mol. The SMILES string of the molecule is Cc1ccc(N(Cc2ccccc2)C(=O)CSCc2c(C)noc2C)cc1. The first-order chi connectivity index (χ1) is 13.0. The summed E-state index contributed by atoms with van der Waals surface area (Å²) in [5.74, 6) is 2.05. The number of hydrogen-bond acceptors (Lipinski definition) is 4. The molecule has 27 heavy (non-hydrogen) atoms. The molecule has 4 nitrogen and oxygen atoms in total. The Bertz CT molecular complexity index is 869. The molecule has 5 heteroatoms. The zero-order valence-electron chi connectivity index (χ0n) is 15.9. The molecule has 0 atom stereocenters. The van der Waals surface area contributed by atoms with Gasteiger partial charge < -0.3 is 9.42 Å². The average Bonchev–Trinajstić information content (AvgIpc) is 3.00. The molecule has 3 rings (SSSR count). The quantitative estimate of drug-likeness (QED) is 0.574. The Labute approximate surface area is 164 Å². The van der Waals surface area contributed by atoms with Gasteiger partial charge in [0.05, 0.1) is 18.0 Å². The highest BCUT2D eigenvalue weighted by Gasteiger charge is 2.17. The van der Waals surface area contributed by atoms with Crippen LogP contribution in [0.3, 0.4) is 0 Å². The summed E-state index contributed by atoms with van der Waals surface area (Å²) >= 11 is 1.59. The summed E-state index contributed by atoms with van der Waals surface area (Å²) in [4.78, 5) is 14.9. The Morgan fingerprint density at radius 1 is 1.04 bits per heavy atom. The van der Waals surface area contributed by atoms with Crippen molar-refractivity contribution in [2.75, 3.05) is 10.7 Å². The monoisotopic (exact) mass is 380 g/mol. The van der Waals surface area contributed by atoms with Crippen LogP contribution >= 0.6 is 11.8 Å². The van der Waals surface area contributed by atoms with Crippen molar-refractivity contribution in [2.24, 2.45) is 0 Å². The largest absolute Gasteiger partial charge is 0.361 e. The van der Waals surface area contributed by atoms with Crippen LogP contribution in [0.5, 0.6) is 0 Å².